The highest BCUT2D eigenvalue weighted by atomic mass is 16.1. The molecule has 0 saturated carbocycles. The number of aryl methyl sites for hydroxylation is 1. The summed E-state index contributed by atoms with van der Waals surface area (Å²) in [5.41, 5.74) is 3.36. The van der Waals surface area contributed by atoms with Gasteiger partial charge in [0.05, 0.1) is 11.3 Å². The summed E-state index contributed by atoms with van der Waals surface area (Å²) in [6.45, 7) is 5.81. The van der Waals surface area contributed by atoms with Crippen LogP contribution >= 0.6 is 0 Å². The van der Waals surface area contributed by atoms with Crippen LogP contribution in [0, 0.1) is 18.3 Å². The Morgan fingerprint density at radius 2 is 2.18 bits per heavy atom. The van der Waals surface area contributed by atoms with Crippen molar-refractivity contribution in [3.8, 4) is 6.07 Å². The van der Waals surface area contributed by atoms with Gasteiger partial charge in [-0.2, -0.15) is 5.26 Å². The van der Waals surface area contributed by atoms with Crippen molar-refractivity contribution in [2.24, 2.45) is 0 Å². The van der Waals surface area contributed by atoms with E-state index in [2.05, 4.69) is 11.1 Å². The number of aldehydes is 1. The molecular formula is C13H13N3O. The van der Waals surface area contributed by atoms with Crippen molar-refractivity contribution in [2.45, 2.75) is 26.7 Å². The average Bonchev–Trinajstić information content (AvgIpc) is 2.69. The summed E-state index contributed by atoms with van der Waals surface area (Å²) in [6, 6.07) is 5.61. The van der Waals surface area contributed by atoms with Crippen molar-refractivity contribution in [1.29, 1.82) is 5.26 Å². The highest BCUT2D eigenvalue weighted by molar-refractivity contribution is 5.77. The lowest BCUT2D eigenvalue weighted by atomic mass is 10.1. The lowest BCUT2D eigenvalue weighted by Crippen LogP contribution is -2.01. The summed E-state index contributed by atoms with van der Waals surface area (Å²) in [6.07, 6.45) is 0.809. The van der Waals surface area contributed by atoms with E-state index in [1.54, 1.807) is 16.5 Å². The van der Waals surface area contributed by atoms with E-state index in [0.717, 1.165) is 17.7 Å². The molecule has 0 radical (unpaired) electrons. The first-order valence-electron chi connectivity index (χ1n) is 5.47. The lowest BCUT2D eigenvalue weighted by Gasteiger charge is -2.04. The molecule has 4 heteroatoms. The largest absolute Gasteiger partial charge is 0.296 e. The first-order valence-corrected chi connectivity index (χ1v) is 5.47. The van der Waals surface area contributed by atoms with Crippen LogP contribution in [-0.2, 0) is 0 Å². The first-order chi connectivity index (χ1) is 8.10. The molecule has 0 aliphatic rings. The minimum atomic E-state index is 0.181. The molecule has 0 aliphatic carbocycles. The lowest BCUT2D eigenvalue weighted by molar-refractivity contribution is 0.111. The maximum Gasteiger partial charge on any atom is 0.168 e. The summed E-state index contributed by atoms with van der Waals surface area (Å²) in [5, 5.41) is 8.99. The van der Waals surface area contributed by atoms with E-state index >= 15 is 0 Å². The number of aromatic nitrogens is 2. The Kier molecular flexibility index (Phi) is 2.68. The van der Waals surface area contributed by atoms with Crippen molar-refractivity contribution in [2.75, 3.05) is 0 Å². The standard InChI is InChI=1S/C13H13N3O/c1-8(2)13-11(7-17)16-9(3)10(6-14)4-5-12(16)15-13/h4-5,7-8H,1-3H3. The van der Waals surface area contributed by atoms with Crippen LogP contribution < -0.4 is 0 Å². The van der Waals surface area contributed by atoms with Crippen LogP contribution in [0.4, 0.5) is 0 Å². The Morgan fingerprint density at radius 3 is 2.71 bits per heavy atom. The van der Waals surface area contributed by atoms with Gasteiger partial charge in [0.15, 0.2) is 6.29 Å². The predicted octanol–water partition coefficient (Wildman–Crippen LogP) is 2.45. The van der Waals surface area contributed by atoms with Gasteiger partial charge in [-0.15, -0.1) is 0 Å². The number of hydrogen-bond donors (Lipinski definition) is 0. The summed E-state index contributed by atoms with van der Waals surface area (Å²) < 4.78 is 1.75. The molecule has 0 saturated heterocycles. The van der Waals surface area contributed by atoms with E-state index in [1.807, 2.05) is 20.8 Å². The molecule has 4 nitrogen and oxygen atoms in total. The number of pyridine rings is 1. The molecule has 2 rings (SSSR count). The average molecular weight is 227 g/mol. The number of carbonyl (C=O) groups excluding carboxylic acids is 1. The van der Waals surface area contributed by atoms with Crippen LogP contribution in [0.2, 0.25) is 0 Å². The predicted molar refractivity (Wildman–Crippen MR) is 64.1 cm³/mol. The minimum Gasteiger partial charge on any atom is -0.296 e. The van der Waals surface area contributed by atoms with Gasteiger partial charge in [0.25, 0.3) is 0 Å². The number of rotatable bonds is 2. The fourth-order valence-electron chi connectivity index (χ4n) is 1.99. The van der Waals surface area contributed by atoms with Gasteiger partial charge in [0.2, 0.25) is 0 Å². The second kappa shape index (κ2) is 4.02. The van der Waals surface area contributed by atoms with Gasteiger partial charge >= 0.3 is 0 Å². The Hall–Kier alpha value is -2.15. The Bertz CT molecular complexity index is 632. The fraction of sp³-hybridized carbons (Fsp3) is 0.308. The van der Waals surface area contributed by atoms with Crippen LogP contribution in [0.3, 0.4) is 0 Å². The molecule has 0 N–H and O–H groups in total. The van der Waals surface area contributed by atoms with E-state index in [4.69, 9.17) is 5.26 Å². The van der Waals surface area contributed by atoms with Crippen LogP contribution in [-0.4, -0.2) is 15.7 Å². The zero-order valence-corrected chi connectivity index (χ0v) is 10.1. The molecule has 0 aliphatic heterocycles. The van der Waals surface area contributed by atoms with Crippen molar-refractivity contribution in [3.63, 3.8) is 0 Å². The molecular weight excluding hydrogens is 214 g/mol. The first kappa shape index (κ1) is 11.3. The Labute approximate surface area is 99.5 Å². The number of nitriles is 1. The van der Waals surface area contributed by atoms with Crippen molar-refractivity contribution in [3.05, 3.63) is 34.8 Å². The molecule has 0 amide bonds. The Morgan fingerprint density at radius 1 is 1.47 bits per heavy atom. The van der Waals surface area contributed by atoms with Crippen molar-refractivity contribution in [1.82, 2.24) is 9.38 Å². The zero-order valence-electron chi connectivity index (χ0n) is 10.1. The Balaban J connectivity index is 2.90. The monoisotopic (exact) mass is 227 g/mol. The van der Waals surface area contributed by atoms with Crippen molar-refractivity contribution >= 4 is 11.9 Å². The molecule has 0 unspecified atom stereocenters. The van der Waals surface area contributed by atoms with Gasteiger partial charge in [-0.05, 0) is 25.0 Å². The van der Waals surface area contributed by atoms with Crippen molar-refractivity contribution < 1.29 is 4.79 Å². The quantitative estimate of drug-likeness (QED) is 0.740. The topological polar surface area (TPSA) is 58.2 Å². The smallest absolute Gasteiger partial charge is 0.168 e. The van der Waals surface area contributed by atoms with Gasteiger partial charge in [0.1, 0.15) is 17.4 Å². The minimum absolute atomic E-state index is 0.181. The molecule has 0 aromatic carbocycles. The van der Waals surface area contributed by atoms with Gasteiger partial charge in [-0.3, -0.25) is 9.20 Å². The third-order valence-electron chi connectivity index (χ3n) is 2.87. The second-order valence-corrected chi connectivity index (χ2v) is 4.29. The highest BCUT2D eigenvalue weighted by Crippen LogP contribution is 2.22. The second-order valence-electron chi connectivity index (χ2n) is 4.29. The van der Waals surface area contributed by atoms with Crippen LogP contribution in [0.25, 0.3) is 5.65 Å². The van der Waals surface area contributed by atoms with E-state index in [1.165, 1.54) is 0 Å². The molecule has 2 aromatic rings. The third-order valence-corrected chi connectivity index (χ3v) is 2.87. The molecule has 86 valence electrons. The van der Waals surface area contributed by atoms with Crippen LogP contribution in [0.15, 0.2) is 12.1 Å². The molecule has 0 atom stereocenters. The maximum atomic E-state index is 11.2. The molecule has 2 heterocycles. The van der Waals surface area contributed by atoms with E-state index in [0.29, 0.717) is 16.9 Å². The van der Waals surface area contributed by atoms with Gasteiger partial charge in [-0.1, -0.05) is 13.8 Å². The number of nitrogens with zero attached hydrogens (tertiary/aromatic N) is 3. The van der Waals surface area contributed by atoms with Crippen LogP contribution in [0.5, 0.6) is 0 Å². The molecule has 0 spiro atoms. The normalized spacial score (nSPS) is 10.8. The number of hydrogen-bond acceptors (Lipinski definition) is 3. The summed E-state index contributed by atoms with van der Waals surface area (Å²) in [5.74, 6) is 0.181. The van der Waals surface area contributed by atoms with Crippen LogP contribution in [0.1, 0.15) is 47.2 Å². The number of imidazole rings is 1. The maximum absolute atomic E-state index is 11.2. The van der Waals surface area contributed by atoms with E-state index in [9.17, 15) is 4.79 Å². The number of fused-ring (bicyclic) bond motifs is 1. The molecule has 0 fully saturated rings. The zero-order chi connectivity index (χ0) is 12.6. The summed E-state index contributed by atoms with van der Waals surface area (Å²) in [7, 11) is 0. The summed E-state index contributed by atoms with van der Waals surface area (Å²) >= 11 is 0. The molecule has 17 heavy (non-hydrogen) atoms. The van der Waals surface area contributed by atoms with E-state index < -0.39 is 0 Å². The highest BCUT2D eigenvalue weighted by Gasteiger charge is 2.16. The van der Waals surface area contributed by atoms with Gasteiger partial charge in [0, 0.05) is 5.69 Å². The molecule has 0 bridgehead atoms. The van der Waals surface area contributed by atoms with Gasteiger partial charge in [-0.25, -0.2) is 4.98 Å². The SMILES string of the molecule is Cc1c(C#N)ccc2nc(C(C)C)c(C=O)n12. The third kappa shape index (κ3) is 1.60. The number of carbonyl (C=O) groups is 1. The molecule has 2 aromatic heterocycles. The van der Waals surface area contributed by atoms with Gasteiger partial charge < -0.3 is 0 Å². The van der Waals surface area contributed by atoms with E-state index in [-0.39, 0.29) is 5.92 Å². The fourth-order valence-corrected chi connectivity index (χ4v) is 1.99. The summed E-state index contributed by atoms with van der Waals surface area (Å²) in [4.78, 5) is 15.7.